The average Bonchev–Trinajstić information content (AvgIpc) is 2.91. The molecule has 0 atom stereocenters. The number of anilines is 1. The highest BCUT2D eigenvalue weighted by atomic mass is 32.2. The SMILES string of the molecule is CC(C)SNC1CC2(C1)CC(N(C)c1ncnc3[nH]ccc13)C2. The molecule has 2 aromatic rings. The summed E-state index contributed by atoms with van der Waals surface area (Å²) < 4.78 is 3.62. The normalized spacial score (nSPS) is 29.7. The van der Waals surface area contributed by atoms with Crippen LogP contribution in [0, 0.1) is 5.41 Å². The summed E-state index contributed by atoms with van der Waals surface area (Å²) in [5.41, 5.74) is 1.52. The molecule has 124 valence electrons. The van der Waals surface area contributed by atoms with Crippen molar-refractivity contribution < 1.29 is 0 Å². The van der Waals surface area contributed by atoms with E-state index in [4.69, 9.17) is 0 Å². The molecule has 0 radical (unpaired) electrons. The van der Waals surface area contributed by atoms with Gasteiger partial charge in [0.1, 0.15) is 17.8 Å². The topological polar surface area (TPSA) is 56.8 Å². The van der Waals surface area contributed by atoms with E-state index in [9.17, 15) is 0 Å². The zero-order chi connectivity index (χ0) is 16.0. The fourth-order valence-electron chi connectivity index (χ4n) is 4.16. The van der Waals surface area contributed by atoms with Gasteiger partial charge in [-0.05, 0) is 37.2 Å². The third-order valence-electron chi connectivity index (χ3n) is 5.38. The highest BCUT2D eigenvalue weighted by Gasteiger charge is 2.54. The molecule has 0 amide bonds. The molecule has 0 saturated heterocycles. The molecule has 2 aromatic heterocycles. The minimum atomic E-state index is 0.596. The van der Waals surface area contributed by atoms with E-state index in [0.29, 0.717) is 22.7 Å². The van der Waals surface area contributed by atoms with Crippen molar-refractivity contribution in [3.63, 3.8) is 0 Å². The van der Waals surface area contributed by atoms with Crippen molar-refractivity contribution in [3.05, 3.63) is 18.6 Å². The number of fused-ring (bicyclic) bond motifs is 1. The van der Waals surface area contributed by atoms with Crippen molar-refractivity contribution in [1.29, 1.82) is 0 Å². The van der Waals surface area contributed by atoms with Gasteiger partial charge in [-0.2, -0.15) is 0 Å². The van der Waals surface area contributed by atoms with Crippen LogP contribution in [0.4, 0.5) is 5.82 Å². The van der Waals surface area contributed by atoms with Gasteiger partial charge in [-0.25, -0.2) is 9.97 Å². The number of aromatic amines is 1. The van der Waals surface area contributed by atoms with E-state index in [2.05, 4.69) is 51.5 Å². The molecule has 5 nitrogen and oxygen atoms in total. The molecule has 0 bridgehead atoms. The lowest BCUT2D eigenvalue weighted by molar-refractivity contribution is -0.0113. The molecule has 1 spiro atoms. The smallest absolute Gasteiger partial charge is 0.142 e. The minimum Gasteiger partial charge on any atom is -0.356 e. The van der Waals surface area contributed by atoms with Gasteiger partial charge in [0.2, 0.25) is 0 Å². The van der Waals surface area contributed by atoms with E-state index in [1.165, 1.54) is 25.7 Å². The van der Waals surface area contributed by atoms with Crippen LogP contribution in [-0.4, -0.2) is 39.3 Å². The predicted molar refractivity (Wildman–Crippen MR) is 96.6 cm³/mol. The molecule has 2 heterocycles. The maximum atomic E-state index is 4.52. The molecule has 2 saturated carbocycles. The van der Waals surface area contributed by atoms with E-state index in [1.54, 1.807) is 6.33 Å². The molecule has 4 rings (SSSR count). The summed E-state index contributed by atoms with van der Waals surface area (Å²) in [6.07, 6.45) is 8.85. The maximum absolute atomic E-state index is 4.52. The number of nitrogens with one attached hydrogen (secondary N) is 2. The summed E-state index contributed by atoms with van der Waals surface area (Å²) in [5.74, 6) is 1.06. The third kappa shape index (κ3) is 2.72. The Kier molecular flexibility index (Phi) is 3.76. The predicted octanol–water partition coefficient (Wildman–Crippen LogP) is 3.35. The van der Waals surface area contributed by atoms with Crippen molar-refractivity contribution >= 4 is 28.8 Å². The Bertz CT molecular complexity index is 683. The number of nitrogens with zero attached hydrogens (tertiary/aromatic N) is 3. The molecule has 23 heavy (non-hydrogen) atoms. The number of hydrogen-bond acceptors (Lipinski definition) is 5. The fraction of sp³-hybridized carbons (Fsp3) is 0.647. The standard InChI is InChI=1S/C17H25N5S/c1-11(2)23-21-12-6-17(7-12)8-13(9-17)22(3)16-14-4-5-18-15(14)19-10-20-16/h4-5,10-13,21H,6-9H2,1-3H3,(H,18,19,20). The molecule has 2 aliphatic carbocycles. The first-order valence-electron chi connectivity index (χ1n) is 8.48. The largest absolute Gasteiger partial charge is 0.356 e. The Balaban J connectivity index is 1.35. The summed E-state index contributed by atoms with van der Waals surface area (Å²) in [6, 6.07) is 3.40. The van der Waals surface area contributed by atoms with Gasteiger partial charge < -0.3 is 9.88 Å². The average molecular weight is 331 g/mol. The number of aromatic nitrogens is 3. The van der Waals surface area contributed by atoms with Gasteiger partial charge >= 0.3 is 0 Å². The first-order chi connectivity index (χ1) is 11.1. The summed E-state index contributed by atoms with van der Waals surface area (Å²) in [4.78, 5) is 14.3. The number of hydrogen-bond donors (Lipinski definition) is 2. The molecular weight excluding hydrogens is 306 g/mol. The van der Waals surface area contributed by atoms with Crippen LogP contribution in [0.25, 0.3) is 11.0 Å². The zero-order valence-electron chi connectivity index (χ0n) is 14.0. The van der Waals surface area contributed by atoms with Crippen molar-refractivity contribution in [3.8, 4) is 0 Å². The Hall–Kier alpha value is -1.27. The minimum absolute atomic E-state index is 0.596. The first kappa shape index (κ1) is 15.3. The van der Waals surface area contributed by atoms with Crippen molar-refractivity contribution in [2.45, 2.75) is 56.9 Å². The van der Waals surface area contributed by atoms with Gasteiger partial charge in [0.25, 0.3) is 0 Å². The van der Waals surface area contributed by atoms with Crippen molar-refractivity contribution in [1.82, 2.24) is 19.7 Å². The first-order valence-corrected chi connectivity index (χ1v) is 9.36. The Labute approximate surface area is 141 Å². The van der Waals surface area contributed by atoms with Crippen LogP contribution < -0.4 is 9.62 Å². The van der Waals surface area contributed by atoms with Gasteiger partial charge in [-0.15, -0.1) is 0 Å². The second-order valence-corrected chi connectivity index (χ2v) is 8.91. The molecule has 0 aliphatic heterocycles. The Morgan fingerprint density at radius 2 is 2.09 bits per heavy atom. The van der Waals surface area contributed by atoms with Gasteiger partial charge in [0.15, 0.2) is 0 Å². The van der Waals surface area contributed by atoms with Crippen LogP contribution in [0.3, 0.4) is 0 Å². The highest BCUT2D eigenvalue weighted by Crippen LogP contribution is 2.57. The molecular formula is C17H25N5S. The van der Waals surface area contributed by atoms with Crippen LogP contribution in [0.1, 0.15) is 39.5 Å². The summed E-state index contributed by atoms with van der Waals surface area (Å²) in [5, 5.41) is 1.78. The lowest BCUT2D eigenvalue weighted by atomic mass is 9.52. The quantitative estimate of drug-likeness (QED) is 0.823. The summed E-state index contributed by atoms with van der Waals surface area (Å²) in [7, 11) is 2.18. The highest BCUT2D eigenvalue weighted by molar-refractivity contribution is 7.98. The molecule has 2 fully saturated rings. The van der Waals surface area contributed by atoms with Gasteiger partial charge in [-0.1, -0.05) is 25.8 Å². The second-order valence-electron chi connectivity index (χ2n) is 7.50. The van der Waals surface area contributed by atoms with Crippen LogP contribution in [-0.2, 0) is 0 Å². The Morgan fingerprint density at radius 1 is 1.30 bits per heavy atom. The summed E-state index contributed by atoms with van der Waals surface area (Å²) in [6.45, 7) is 4.48. The van der Waals surface area contributed by atoms with Crippen LogP contribution >= 0.6 is 11.9 Å². The van der Waals surface area contributed by atoms with E-state index in [1.807, 2.05) is 18.1 Å². The van der Waals surface area contributed by atoms with Crippen LogP contribution in [0.5, 0.6) is 0 Å². The van der Waals surface area contributed by atoms with Crippen LogP contribution in [0.15, 0.2) is 18.6 Å². The molecule has 0 unspecified atom stereocenters. The second kappa shape index (κ2) is 5.67. The Morgan fingerprint density at radius 3 is 2.83 bits per heavy atom. The maximum Gasteiger partial charge on any atom is 0.142 e. The van der Waals surface area contributed by atoms with E-state index < -0.39 is 0 Å². The van der Waals surface area contributed by atoms with Gasteiger partial charge in [0, 0.05) is 30.6 Å². The third-order valence-corrected chi connectivity index (χ3v) is 6.32. The van der Waals surface area contributed by atoms with Gasteiger partial charge in [0.05, 0.1) is 5.39 Å². The van der Waals surface area contributed by atoms with Crippen LogP contribution in [0.2, 0.25) is 0 Å². The fourth-order valence-corrected chi connectivity index (χ4v) is 4.79. The molecule has 6 heteroatoms. The lowest BCUT2D eigenvalue weighted by Crippen LogP contribution is -2.59. The number of rotatable bonds is 5. The van der Waals surface area contributed by atoms with E-state index in [-0.39, 0.29) is 0 Å². The lowest BCUT2D eigenvalue weighted by Gasteiger charge is -2.59. The molecule has 0 aromatic carbocycles. The van der Waals surface area contributed by atoms with Crippen molar-refractivity contribution in [2.24, 2.45) is 5.41 Å². The molecule has 2 N–H and O–H groups in total. The summed E-state index contributed by atoms with van der Waals surface area (Å²) >= 11 is 1.88. The zero-order valence-corrected chi connectivity index (χ0v) is 14.9. The molecule has 2 aliphatic rings. The van der Waals surface area contributed by atoms with Crippen molar-refractivity contribution in [2.75, 3.05) is 11.9 Å². The van der Waals surface area contributed by atoms with E-state index >= 15 is 0 Å². The monoisotopic (exact) mass is 331 g/mol. The van der Waals surface area contributed by atoms with Gasteiger partial charge in [-0.3, -0.25) is 4.72 Å². The number of H-pyrrole nitrogens is 1. The van der Waals surface area contributed by atoms with E-state index in [0.717, 1.165) is 16.9 Å².